The van der Waals surface area contributed by atoms with E-state index in [1.807, 2.05) is 6.07 Å². The number of anilines is 1. The molecule has 206 valence electrons. The maximum absolute atomic E-state index is 13.6. The minimum Gasteiger partial charge on any atom is -0.382 e. The van der Waals surface area contributed by atoms with Crippen molar-refractivity contribution in [2.24, 2.45) is 0 Å². The number of nitrogens with zero attached hydrogens (tertiary/aromatic N) is 3. The van der Waals surface area contributed by atoms with Crippen molar-refractivity contribution in [1.29, 1.82) is 0 Å². The standard InChI is InChI=1S/C28H36N4O5S.H2/c1-20-6-7-21-15-26(29-25(21)14-20)24-16-23(8-9-27(24)31-10-4-5-11-31)38(34,35)30(2)18-28(33)32-12-13-37-22(17-32)19-36-3;/h6-9,14-16,22,29H,4-5,10-13,17-19H2,1-3H3;1H/t22-;/m1./s1. The maximum atomic E-state index is 13.6. The average Bonchev–Trinajstić information content (AvgIpc) is 3.59. The number of likely N-dealkylation sites (N-methyl/N-ethyl adjacent to an activating group) is 1. The van der Waals surface area contributed by atoms with E-state index >= 15 is 0 Å². The predicted octanol–water partition coefficient (Wildman–Crippen LogP) is 3.48. The van der Waals surface area contributed by atoms with Crippen LogP contribution in [0.1, 0.15) is 19.8 Å². The van der Waals surface area contributed by atoms with Gasteiger partial charge in [0.25, 0.3) is 0 Å². The van der Waals surface area contributed by atoms with Crippen molar-refractivity contribution < 1.29 is 24.1 Å². The minimum absolute atomic E-state index is 0. The molecular weight excluding hydrogens is 504 g/mol. The van der Waals surface area contributed by atoms with Crippen LogP contribution >= 0.6 is 0 Å². The van der Waals surface area contributed by atoms with Gasteiger partial charge in [0, 0.05) is 69.6 Å². The van der Waals surface area contributed by atoms with Crippen LogP contribution in [-0.4, -0.2) is 94.7 Å². The number of fused-ring (bicyclic) bond motifs is 1. The lowest BCUT2D eigenvalue weighted by molar-refractivity contribution is -0.140. The molecule has 1 N–H and O–H groups in total. The first-order valence-corrected chi connectivity index (χ1v) is 14.5. The molecule has 10 heteroatoms. The molecule has 2 aromatic carbocycles. The number of H-pyrrole nitrogens is 1. The van der Waals surface area contributed by atoms with E-state index in [1.165, 1.54) is 7.05 Å². The number of hydrogen-bond acceptors (Lipinski definition) is 6. The first-order valence-electron chi connectivity index (χ1n) is 13.1. The topological polar surface area (TPSA) is 95.2 Å². The normalized spacial score (nSPS) is 18.6. The zero-order valence-corrected chi connectivity index (χ0v) is 23.1. The lowest BCUT2D eigenvalue weighted by atomic mass is 10.1. The van der Waals surface area contributed by atoms with Crippen molar-refractivity contribution in [2.45, 2.75) is 30.8 Å². The highest BCUT2D eigenvalue weighted by Crippen LogP contribution is 2.36. The summed E-state index contributed by atoms with van der Waals surface area (Å²) in [6.45, 7) is 5.30. The number of aromatic amines is 1. The third-order valence-electron chi connectivity index (χ3n) is 7.39. The molecule has 0 radical (unpaired) electrons. The SMILES string of the molecule is COC[C@H]1CN(C(=O)CN(C)S(=O)(=O)c2ccc(N3CCCC3)c(-c3cc4ccc(C)cc4[nH]3)c2)CCO1.[HH]. The molecule has 2 aliphatic heterocycles. The summed E-state index contributed by atoms with van der Waals surface area (Å²) in [5, 5.41) is 1.08. The Morgan fingerprint density at radius 1 is 1.16 bits per heavy atom. The van der Waals surface area contributed by atoms with Gasteiger partial charge in [0.15, 0.2) is 0 Å². The van der Waals surface area contributed by atoms with Crippen molar-refractivity contribution in [2.75, 3.05) is 65.0 Å². The summed E-state index contributed by atoms with van der Waals surface area (Å²) in [5.41, 5.74) is 4.90. The number of methoxy groups -OCH3 is 1. The van der Waals surface area contributed by atoms with Crippen LogP contribution in [0.5, 0.6) is 0 Å². The van der Waals surface area contributed by atoms with Gasteiger partial charge >= 0.3 is 0 Å². The predicted molar refractivity (Wildman–Crippen MR) is 150 cm³/mol. The van der Waals surface area contributed by atoms with Crippen LogP contribution in [0.15, 0.2) is 47.4 Å². The molecule has 1 aromatic heterocycles. The van der Waals surface area contributed by atoms with Crippen LogP contribution in [0.4, 0.5) is 5.69 Å². The lowest BCUT2D eigenvalue weighted by Gasteiger charge is -2.33. The molecule has 3 aromatic rings. The second-order valence-corrected chi connectivity index (χ2v) is 12.2. The Labute approximate surface area is 225 Å². The minimum atomic E-state index is -3.91. The summed E-state index contributed by atoms with van der Waals surface area (Å²) in [7, 11) is -0.860. The highest BCUT2D eigenvalue weighted by Gasteiger charge is 2.30. The first-order chi connectivity index (χ1) is 18.3. The smallest absolute Gasteiger partial charge is 0.243 e. The molecule has 1 atom stereocenters. The van der Waals surface area contributed by atoms with Gasteiger partial charge in [0.05, 0.1) is 30.8 Å². The zero-order valence-electron chi connectivity index (χ0n) is 22.3. The number of hydrogen-bond donors (Lipinski definition) is 1. The van der Waals surface area contributed by atoms with E-state index in [9.17, 15) is 13.2 Å². The number of nitrogens with one attached hydrogen (secondary N) is 1. The Balaban J connectivity index is 0.00000353. The van der Waals surface area contributed by atoms with Gasteiger partial charge in [-0.3, -0.25) is 4.79 Å². The molecule has 9 nitrogen and oxygen atoms in total. The molecule has 5 rings (SSSR count). The van der Waals surface area contributed by atoms with Crippen molar-refractivity contribution in [1.82, 2.24) is 14.2 Å². The number of rotatable bonds is 8. The second kappa shape index (κ2) is 11.1. The van der Waals surface area contributed by atoms with Gasteiger partial charge < -0.3 is 24.3 Å². The fourth-order valence-electron chi connectivity index (χ4n) is 5.30. The number of carbonyl (C=O) groups is 1. The lowest BCUT2D eigenvalue weighted by Crippen LogP contribution is -2.50. The van der Waals surface area contributed by atoms with Gasteiger partial charge in [-0.2, -0.15) is 4.31 Å². The molecule has 1 amide bonds. The van der Waals surface area contributed by atoms with Gasteiger partial charge in [-0.25, -0.2) is 8.42 Å². The second-order valence-electron chi connectivity index (χ2n) is 10.2. The Morgan fingerprint density at radius 2 is 1.95 bits per heavy atom. The molecule has 0 aliphatic carbocycles. The monoisotopic (exact) mass is 542 g/mol. The van der Waals surface area contributed by atoms with Crippen molar-refractivity contribution in [3.63, 3.8) is 0 Å². The molecule has 2 aliphatic rings. The summed E-state index contributed by atoms with van der Waals surface area (Å²) in [6.07, 6.45) is 2.02. The van der Waals surface area contributed by atoms with Crippen molar-refractivity contribution in [3.8, 4) is 11.3 Å². The molecule has 0 spiro atoms. The zero-order chi connectivity index (χ0) is 26.9. The van der Waals surface area contributed by atoms with E-state index < -0.39 is 10.0 Å². The van der Waals surface area contributed by atoms with E-state index in [0.29, 0.717) is 26.3 Å². The van der Waals surface area contributed by atoms with Crippen molar-refractivity contribution in [3.05, 3.63) is 48.0 Å². The fourth-order valence-corrected chi connectivity index (χ4v) is 6.45. The van der Waals surface area contributed by atoms with E-state index in [0.717, 1.165) is 63.6 Å². The molecular formula is C28H38N4O5S. The third-order valence-corrected chi connectivity index (χ3v) is 9.19. The Morgan fingerprint density at radius 3 is 2.71 bits per heavy atom. The quantitative estimate of drug-likeness (QED) is 0.468. The number of aromatic nitrogens is 1. The summed E-state index contributed by atoms with van der Waals surface area (Å²) < 4.78 is 39.2. The van der Waals surface area contributed by atoms with Crippen LogP contribution in [0, 0.1) is 6.92 Å². The van der Waals surface area contributed by atoms with Gasteiger partial charge in [-0.1, -0.05) is 12.1 Å². The van der Waals surface area contributed by atoms with Crippen LogP contribution in [-0.2, 0) is 24.3 Å². The van der Waals surface area contributed by atoms with Crippen LogP contribution in [0.2, 0.25) is 0 Å². The highest BCUT2D eigenvalue weighted by atomic mass is 32.2. The number of benzene rings is 2. The summed E-state index contributed by atoms with van der Waals surface area (Å²) in [4.78, 5) is 20.6. The summed E-state index contributed by atoms with van der Waals surface area (Å²) in [5.74, 6) is -0.250. The maximum Gasteiger partial charge on any atom is 0.243 e. The average molecular weight is 543 g/mol. The first kappa shape index (κ1) is 26.7. The largest absolute Gasteiger partial charge is 0.382 e. The van der Waals surface area contributed by atoms with Gasteiger partial charge in [0.1, 0.15) is 0 Å². The Kier molecular flexibility index (Phi) is 7.76. The van der Waals surface area contributed by atoms with E-state index in [-0.39, 0.29) is 24.9 Å². The molecule has 0 bridgehead atoms. The van der Waals surface area contributed by atoms with Crippen molar-refractivity contribution >= 4 is 32.5 Å². The van der Waals surface area contributed by atoms with E-state index in [4.69, 9.17) is 9.47 Å². The number of morpholine rings is 1. The number of ether oxygens (including phenoxy) is 2. The van der Waals surface area contributed by atoms with Gasteiger partial charge in [-0.15, -0.1) is 0 Å². The van der Waals surface area contributed by atoms with E-state index in [1.54, 1.807) is 24.1 Å². The summed E-state index contributed by atoms with van der Waals surface area (Å²) >= 11 is 0. The number of aryl methyl sites for hydroxylation is 1. The third kappa shape index (κ3) is 5.44. The number of amides is 1. The molecule has 2 saturated heterocycles. The molecule has 0 unspecified atom stereocenters. The van der Waals surface area contributed by atoms with Gasteiger partial charge in [-0.05, 0) is 55.7 Å². The van der Waals surface area contributed by atoms with Crippen LogP contribution in [0.3, 0.4) is 0 Å². The van der Waals surface area contributed by atoms with Gasteiger partial charge in [0.2, 0.25) is 15.9 Å². The van der Waals surface area contributed by atoms with Crippen LogP contribution < -0.4 is 4.90 Å². The summed E-state index contributed by atoms with van der Waals surface area (Å²) in [6, 6.07) is 13.6. The van der Waals surface area contributed by atoms with E-state index in [2.05, 4.69) is 41.1 Å². The number of carbonyl (C=O) groups excluding carboxylic acids is 1. The molecule has 3 heterocycles. The number of sulfonamides is 1. The molecule has 38 heavy (non-hydrogen) atoms. The molecule has 0 saturated carbocycles. The Bertz CT molecular complexity index is 1420. The highest BCUT2D eigenvalue weighted by molar-refractivity contribution is 7.89. The fraction of sp³-hybridized carbons (Fsp3) is 0.464. The van der Waals surface area contributed by atoms with Crippen LogP contribution in [0.25, 0.3) is 22.2 Å². The molecule has 2 fully saturated rings. The Hall–Kier alpha value is -2.92.